The van der Waals surface area contributed by atoms with Gasteiger partial charge in [-0.3, -0.25) is 4.98 Å². The minimum Gasteiger partial charge on any atom is -0.252 e. The van der Waals surface area contributed by atoms with E-state index in [0.717, 1.165) is 17.5 Å². The van der Waals surface area contributed by atoms with Crippen molar-refractivity contribution in [3.05, 3.63) is 36.0 Å². The minimum absolute atomic E-state index is 0.273. The van der Waals surface area contributed by atoms with Gasteiger partial charge in [-0.2, -0.15) is 0 Å². The SMILES string of the molecule is Cc1ccc2cccc(S(=O)(=O)NCCC3CC3)c2n1. The summed E-state index contributed by atoms with van der Waals surface area (Å²) in [6.07, 6.45) is 3.39. The lowest BCUT2D eigenvalue weighted by molar-refractivity contribution is 0.576. The predicted octanol–water partition coefficient (Wildman–Crippen LogP) is 2.62. The fourth-order valence-corrected chi connectivity index (χ4v) is 3.53. The van der Waals surface area contributed by atoms with Crippen molar-refractivity contribution >= 4 is 20.9 Å². The average Bonchev–Trinajstić information content (AvgIpc) is 3.21. The van der Waals surface area contributed by atoms with Crippen LogP contribution < -0.4 is 4.72 Å². The monoisotopic (exact) mass is 290 g/mol. The summed E-state index contributed by atoms with van der Waals surface area (Å²) in [5.41, 5.74) is 1.37. The number of pyridine rings is 1. The van der Waals surface area contributed by atoms with E-state index >= 15 is 0 Å². The van der Waals surface area contributed by atoms with E-state index in [1.807, 2.05) is 25.1 Å². The van der Waals surface area contributed by atoms with Gasteiger partial charge in [-0.15, -0.1) is 0 Å². The molecule has 1 aromatic carbocycles. The molecule has 1 aromatic heterocycles. The van der Waals surface area contributed by atoms with E-state index in [1.165, 1.54) is 12.8 Å². The van der Waals surface area contributed by atoms with Gasteiger partial charge in [0.25, 0.3) is 0 Å². The summed E-state index contributed by atoms with van der Waals surface area (Å²) in [5.74, 6) is 0.714. The third kappa shape index (κ3) is 2.83. The summed E-state index contributed by atoms with van der Waals surface area (Å²) in [6.45, 7) is 2.37. The Kier molecular flexibility index (Phi) is 3.48. The highest BCUT2D eigenvalue weighted by Crippen LogP contribution is 2.32. The van der Waals surface area contributed by atoms with E-state index in [0.29, 0.717) is 18.0 Å². The topological polar surface area (TPSA) is 59.1 Å². The van der Waals surface area contributed by atoms with Crippen LogP contribution in [-0.4, -0.2) is 19.9 Å². The number of hydrogen-bond donors (Lipinski definition) is 1. The van der Waals surface area contributed by atoms with Crippen LogP contribution in [0.4, 0.5) is 0 Å². The first-order valence-corrected chi connectivity index (χ1v) is 8.40. The Balaban J connectivity index is 1.92. The lowest BCUT2D eigenvalue weighted by Gasteiger charge is -2.09. The number of rotatable bonds is 5. The zero-order valence-corrected chi connectivity index (χ0v) is 12.3. The normalized spacial score (nSPS) is 15.7. The van der Waals surface area contributed by atoms with E-state index in [2.05, 4.69) is 9.71 Å². The molecule has 1 aliphatic carbocycles. The number of para-hydroxylation sites is 1. The van der Waals surface area contributed by atoms with E-state index in [9.17, 15) is 8.42 Å². The van der Waals surface area contributed by atoms with E-state index < -0.39 is 10.0 Å². The molecule has 0 amide bonds. The Morgan fingerprint density at radius 3 is 2.80 bits per heavy atom. The molecule has 106 valence electrons. The third-order valence-electron chi connectivity index (χ3n) is 3.65. The van der Waals surface area contributed by atoms with E-state index in [1.54, 1.807) is 12.1 Å². The quantitative estimate of drug-likeness (QED) is 0.921. The number of nitrogens with one attached hydrogen (secondary N) is 1. The van der Waals surface area contributed by atoms with Crippen molar-refractivity contribution in [2.75, 3.05) is 6.54 Å². The Bertz CT molecular complexity index is 737. The maximum Gasteiger partial charge on any atom is 0.242 e. The molecule has 20 heavy (non-hydrogen) atoms. The standard InChI is InChI=1S/C15H18N2O2S/c1-11-5-8-13-3-2-4-14(15(13)17-11)20(18,19)16-10-9-12-6-7-12/h2-5,8,12,16H,6-7,9-10H2,1H3. The van der Waals surface area contributed by atoms with Gasteiger partial charge in [0.1, 0.15) is 4.90 Å². The first-order valence-electron chi connectivity index (χ1n) is 6.92. The second kappa shape index (κ2) is 5.14. The fraction of sp³-hybridized carbons (Fsp3) is 0.400. The van der Waals surface area contributed by atoms with E-state index in [-0.39, 0.29) is 4.90 Å². The van der Waals surface area contributed by atoms with Crippen LogP contribution in [0.15, 0.2) is 35.2 Å². The Morgan fingerprint density at radius 1 is 1.25 bits per heavy atom. The molecule has 0 aliphatic heterocycles. The van der Waals surface area contributed by atoms with Crippen molar-refractivity contribution in [2.45, 2.75) is 31.1 Å². The van der Waals surface area contributed by atoms with Gasteiger partial charge in [0, 0.05) is 17.6 Å². The highest BCUT2D eigenvalue weighted by atomic mass is 32.2. The van der Waals surface area contributed by atoms with Crippen LogP contribution in [0.5, 0.6) is 0 Å². The van der Waals surface area contributed by atoms with Crippen molar-refractivity contribution < 1.29 is 8.42 Å². The summed E-state index contributed by atoms with van der Waals surface area (Å²) in [7, 11) is -3.48. The largest absolute Gasteiger partial charge is 0.252 e. The molecule has 4 nitrogen and oxygen atoms in total. The summed E-state index contributed by atoms with van der Waals surface area (Å²) in [5, 5.41) is 0.848. The first-order chi connectivity index (χ1) is 9.56. The highest BCUT2D eigenvalue weighted by molar-refractivity contribution is 7.89. The molecule has 3 rings (SSSR count). The van der Waals surface area contributed by atoms with Gasteiger partial charge in [0.05, 0.1) is 5.52 Å². The second-order valence-electron chi connectivity index (χ2n) is 5.41. The molecule has 1 aliphatic rings. The molecule has 0 atom stereocenters. The first kappa shape index (κ1) is 13.5. The van der Waals surface area contributed by atoms with Gasteiger partial charge in [-0.25, -0.2) is 13.1 Å². The van der Waals surface area contributed by atoms with Crippen molar-refractivity contribution in [3.63, 3.8) is 0 Å². The van der Waals surface area contributed by atoms with Crippen molar-refractivity contribution in [1.82, 2.24) is 9.71 Å². The Morgan fingerprint density at radius 2 is 2.05 bits per heavy atom. The number of aryl methyl sites for hydroxylation is 1. The maximum absolute atomic E-state index is 12.4. The maximum atomic E-state index is 12.4. The van der Waals surface area contributed by atoms with Crippen molar-refractivity contribution in [3.8, 4) is 0 Å². The van der Waals surface area contributed by atoms with E-state index in [4.69, 9.17) is 0 Å². The number of sulfonamides is 1. The summed E-state index contributed by atoms with van der Waals surface area (Å²) < 4.78 is 27.5. The molecule has 2 aromatic rings. The second-order valence-corrected chi connectivity index (χ2v) is 7.15. The lowest BCUT2D eigenvalue weighted by Crippen LogP contribution is -2.25. The van der Waals surface area contributed by atoms with Crippen molar-refractivity contribution in [2.24, 2.45) is 5.92 Å². The van der Waals surface area contributed by atoms with Crippen LogP contribution in [0, 0.1) is 12.8 Å². The van der Waals surface area contributed by atoms with Crippen LogP contribution in [0.25, 0.3) is 10.9 Å². The smallest absolute Gasteiger partial charge is 0.242 e. The number of hydrogen-bond acceptors (Lipinski definition) is 3. The molecule has 0 bridgehead atoms. The fourth-order valence-electron chi connectivity index (χ4n) is 2.32. The molecule has 1 saturated carbocycles. The predicted molar refractivity (Wildman–Crippen MR) is 79.0 cm³/mol. The van der Waals surface area contributed by atoms with Crippen LogP contribution in [-0.2, 0) is 10.0 Å². The van der Waals surface area contributed by atoms with Gasteiger partial charge in [0.2, 0.25) is 10.0 Å². The van der Waals surface area contributed by atoms with Crippen LogP contribution >= 0.6 is 0 Å². The molecule has 0 spiro atoms. The molecular weight excluding hydrogens is 272 g/mol. The van der Waals surface area contributed by atoms with Gasteiger partial charge < -0.3 is 0 Å². The van der Waals surface area contributed by atoms with Crippen LogP contribution in [0.3, 0.4) is 0 Å². The molecular formula is C15H18N2O2S. The highest BCUT2D eigenvalue weighted by Gasteiger charge is 2.23. The number of fused-ring (bicyclic) bond motifs is 1. The summed E-state index contributed by atoms with van der Waals surface area (Å²) in [6, 6.07) is 9.05. The van der Waals surface area contributed by atoms with Gasteiger partial charge in [-0.05, 0) is 31.4 Å². The number of benzene rings is 1. The molecule has 5 heteroatoms. The molecule has 0 saturated heterocycles. The van der Waals surface area contributed by atoms with Gasteiger partial charge in [0.15, 0.2) is 0 Å². The minimum atomic E-state index is -3.48. The Labute approximate surface area is 119 Å². The Hall–Kier alpha value is -1.46. The molecule has 1 N–H and O–H groups in total. The van der Waals surface area contributed by atoms with Gasteiger partial charge in [-0.1, -0.05) is 31.0 Å². The number of nitrogens with zero attached hydrogens (tertiary/aromatic N) is 1. The zero-order valence-electron chi connectivity index (χ0n) is 11.5. The lowest BCUT2D eigenvalue weighted by atomic mass is 10.2. The third-order valence-corrected chi connectivity index (χ3v) is 5.15. The summed E-state index contributed by atoms with van der Waals surface area (Å²) >= 11 is 0. The van der Waals surface area contributed by atoms with Crippen molar-refractivity contribution in [1.29, 1.82) is 0 Å². The zero-order chi connectivity index (χ0) is 14.2. The molecule has 0 radical (unpaired) electrons. The molecule has 0 unspecified atom stereocenters. The molecule has 1 fully saturated rings. The number of aromatic nitrogens is 1. The summed E-state index contributed by atoms with van der Waals surface area (Å²) in [4.78, 5) is 4.65. The van der Waals surface area contributed by atoms with Crippen LogP contribution in [0.1, 0.15) is 25.0 Å². The van der Waals surface area contributed by atoms with Gasteiger partial charge >= 0.3 is 0 Å². The van der Waals surface area contributed by atoms with Crippen LogP contribution in [0.2, 0.25) is 0 Å². The molecule has 1 heterocycles. The average molecular weight is 290 g/mol.